The summed E-state index contributed by atoms with van der Waals surface area (Å²) in [6.45, 7) is 2.17. The highest BCUT2D eigenvalue weighted by atomic mass is 32.1. The first kappa shape index (κ1) is 13.7. The van der Waals surface area contributed by atoms with E-state index >= 15 is 0 Å². The van der Waals surface area contributed by atoms with Gasteiger partial charge in [0.1, 0.15) is 11.4 Å². The zero-order valence-electron chi connectivity index (χ0n) is 12.2. The monoisotopic (exact) mass is 311 g/mol. The van der Waals surface area contributed by atoms with Gasteiger partial charge in [-0.1, -0.05) is 35.5 Å². The van der Waals surface area contributed by atoms with Crippen molar-refractivity contribution in [3.63, 3.8) is 0 Å². The fraction of sp³-hybridized carbons (Fsp3) is 0.294. The van der Waals surface area contributed by atoms with E-state index in [2.05, 4.69) is 15.9 Å². The fourth-order valence-corrected chi connectivity index (χ4v) is 3.78. The van der Waals surface area contributed by atoms with Crippen LogP contribution in [0.4, 0.5) is 0 Å². The van der Waals surface area contributed by atoms with Gasteiger partial charge in [0, 0.05) is 22.9 Å². The molecule has 5 heteroatoms. The van der Waals surface area contributed by atoms with Crippen LogP contribution in [0, 0.1) is 0 Å². The second-order valence-electron chi connectivity index (χ2n) is 5.54. The molecule has 0 aliphatic carbocycles. The van der Waals surface area contributed by atoms with E-state index in [0.717, 1.165) is 35.8 Å². The molecule has 3 heterocycles. The zero-order chi connectivity index (χ0) is 14.8. The topological polar surface area (TPSA) is 51.0 Å². The van der Waals surface area contributed by atoms with Gasteiger partial charge in [0.25, 0.3) is 0 Å². The molecule has 0 radical (unpaired) electrons. The Morgan fingerprint density at radius 1 is 1.09 bits per heavy atom. The maximum Gasteiger partial charge on any atom is 0.186 e. The summed E-state index contributed by atoms with van der Waals surface area (Å²) < 4.78 is 5.49. The van der Waals surface area contributed by atoms with Crippen LogP contribution in [0.15, 0.2) is 46.3 Å². The lowest BCUT2D eigenvalue weighted by molar-refractivity contribution is 0.433. The lowest BCUT2D eigenvalue weighted by Gasteiger charge is -2.20. The van der Waals surface area contributed by atoms with Gasteiger partial charge < -0.3 is 9.84 Å². The minimum Gasteiger partial charge on any atom is -0.354 e. The summed E-state index contributed by atoms with van der Waals surface area (Å²) in [5.74, 6) is 1.33. The van der Waals surface area contributed by atoms with Crippen LogP contribution in [0.2, 0.25) is 0 Å². The average Bonchev–Trinajstić information content (AvgIpc) is 3.26. The smallest absolute Gasteiger partial charge is 0.186 e. The molecule has 2 aromatic heterocycles. The number of nitrogens with zero attached hydrogens (tertiary/aromatic N) is 2. The van der Waals surface area contributed by atoms with Gasteiger partial charge in [0.2, 0.25) is 0 Å². The minimum atomic E-state index is 0.580. The molecule has 0 saturated carbocycles. The molecular formula is C17H17N3OS. The molecule has 0 atom stereocenters. The molecule has 0 amide bonds. The van der Waals surface area contributed by atoms with Gasteiger partial charge >= 0.3 is 0 Å². The predicted octanol–water partition coefficient (Wildman–Crippen LogP) is 3.93. The highest BCUT2D eigenvalue weighted by molar-refractivity contribution is 7.10. The first-order valence-corrected chi connectivity index (χ1v) is 8.47. The highest BCUT2D eigenvalue weighted by Crippen LogP contribution is 2.32. The van der Waals surface area contributed by atoms with Crippen LogP contribution in [-0.2, 0) is 0 Å². The third-order valence-corrected chi connectivity index (χ3v) is 5.05. The van der Waals surface area contributed by atoms with Crippen LogP contribution in [0.1, 0.15) is 23.8 Å². The van der Waals surface area contributed by atoms with Crippen LogP contribution < -0.4 is 5.32 Å². The lowest BCUT2D eigenvalue weighted by atomic mass is 9.99. The van der Waals surface area contributed by atoms with E-state index in [-0.39, 0.29) is 0 Å². The molecule has 1 aliphatic heterocycles. The molecule has 1 N–H and O–H groups in total. The summed E-state index contributed by atoms with van der Waals surface area (Å²) in [6.07, 6.45) is 2.33. The molecule has 0 spiro atoms. The van der Waals surface area contributed by atoms with Crippen molar-refractivity contribution in [2.75, 3.05) is 13.1 Å². The average molecular weight is 311 g/mol. The van der Waals surface area contributed by atoms with Crippen molar-refractivity contribution in [3.05, 3.63) is 46.8 Å². The SMILES string of the molecule is c1ccc(-c2cc(-c3csc(C4CCNCC4)n3)on2)cc1. The Balaban J connectivity index is 1.58. The largest absolute Gasteiger partial charge is 0.354 e. The number of nitrogens with one attached hydrogen (secondary N) is 1. The molecule has 1 fully saturated rings. The standard InChI is InChI=1S/C17H17N3OS/c1-2-4-12(5-3-1)14-10-16(21-20-14)15-11-22-17(19-15)13-6-8-18-9-7-13/h1-5,10-11,13,18H,6-9H2. The lowest BCUT2D eigenvalue weighted by Crippen LogP contribution is -2.26. The van der Waals surface area contributed by atoms with Crippen LogP contribution in [0.5, 0.6) is 0 Å². The molecule has 1 aliphatic rings. The molecule has 4 rings (SSSR count). The summed E-state index contributed by atoms with van der Waals surface area (Å²) >= 11 is 1.73. The number of aromatic nitrogens is 2. The number of piperidine rings is 1. The number of hydrogen-bond donors (Lipinski definition) is 1. The third kappa shape index (κ3) is 2.69. The molecule has 22 heavy (non-hydrogen) atoms. The van der Waals surface area contributed by atoms with Gasteiger partial charge in [0.15, 0.2) is 5.76 Å². The summed E-state index contributed by atoms with van der Waals surface area (Å²) in [7, 11) is 0. The van der Waals surface area contributed by atoms with Crippen molar-refractivity contribution in [2.24, 2.45) is 0 Å². The summed E-state index contributed by atoms with van der Waals surface area (Å²) in [5, 5.41) is 10.8. The van der Waals surface area contributed by atoms with Gasteiger partial charge in [0.05, 0.1) is 5.01 Å². The van der Waals surface area contributed by atoms with Crippen molar-refractivity contribution >= 4 is 11.3 Å². The second kappa shape index (κ2) is 6.02. The molecular weight excluding hydrogens is 294 g/mol. The quantitative estimate of drug-likeness (QED) is 0.796. The summed E-state index contributed by atoms with van der Waals surface area (Å²) in [5.41, 5.74) is 2.81. The van der Waals surface area contributed by atoms with E-state index in [4.69, 9.17) is 9.51 Å². The van der Waals surface area contributed by atoms with Crippen molar-refractivity contribution in [3.8, 4) is 22.7 Å². The second-order valence-corrected chi connectivity index (χ2v) is 6.43. The Bertz CT molecular complexity index is 744. The van der Waals surface area contributed by atoms with Gasteiger partial charge in [-0.15, -0.1) is 11.3 Å². The highest BCUT2D eigenvalue weighted by Gasteiger charge is 2.20. The van der Waals surface area contributed by atoms with Crippen LogP contribution in [0.25, 0.3) is 22.7 Å². The Morgan fingerprint density at radius 3 is 2.73 bits per heavy atom. The van der Waals surface area contributed by atoms with E-state index in [0.29, 0.717) is 5.92 Å². The first-order chi connectivity index (χ1) is 10.9. The van der Waals surface area contributed by atoms with Crippen LogP contribution in [-0.4, -0.2) is 23.2 Å². The number of rotatable bonds is 3. The Labute approximate surface area is 133 Å². The van der Waals surface area contributed by atoms with Crippen molar-refractivity contribution < 1.29 is 4.52 Å². The molecule has 4 nitrogen and oxygen atoms in total. The first-order valence-electron chi connectivity index (χ1n) is 7.59. The van der Waals surface area contributed by atoms with E-state index in [1.807, 2.05) is 36.4 Å². The number of benzene rings is 1. The van der Waals surface area contributed by atoms with Gasteiger partial charge in [-0.25, -0.2) is 4.98 Å². The van der Waals surface area contributed by atoms with Crippen molar-refractivity contribution in [2.45, 2.75) is 18.8 Å². The van der Waals surface area contributed by atoms with Gasteiger partial charge in [-0.2, -0.15) is 0 Å². The fourth-order valence-electron chi connectivity index (χ4n) is 2.80. The maximum atomic E-state index is 5.49. The predicted molar refractivity (Wildman–Crippen MR) is 87.9 cm³/mol. The Kier molecular flexibility index (Phi) is 3.74. The Morgan fingerprint density at radius 2 is 1.91 bits per heavy atom. The van der Waals surface area contributed by atoms with E-state index in [1.165, 1.54) is 17.8 Å². The Hall–Kier alpha value is -1.98. The molecule has 3 aromatic rings. The summed E-state index contributed by atoms with van der Waals surface area (Å²) in [6, 6.07) is 12.0. The summed E-state index contributed by atoms with van der Waals surface area (Å²) in [4.78, 5) is 4.77. The minimum absolute atomic E-state index is 0.580. The van der Waals surface area contributed by atoms with Crippen molar-refractivity contribution in [1.29, 1.82) is 0 Å². The molecule has 0 bridgehead atoms. The third-order valence-electron chi connectivity index (χ3n) is 4.04. The van der Waals surface area contributed by atoms with Gasteiger partial charge in [-0.05, 0) is 25.9 Å². The van der Waals surface area contributed by atoms with E-state index in [9.17, 15) is 0 Å². The zero-order valence-corrected chi connectivity index (χ0v) is 13.0. The van der Waals surface area contributed by atoms with E-state index in [1.54, 1.807) is 11.3 Å². The van der Waals surface area contributed by atoms with Crippen molar-refractivity contribution in [1.82, 2.24) is 15.5 Å². The molecule has 1 saturated heterocycles. The molecule has 112 valence electrons. The molecule has 1 aromatic carbocycles. The number of thiazole rings is 1. The maximum absolute atomic E-state index is 5.49. The van der Waals surface area contributed by atoms with Crippen LogP contribution >= 0.6 is 11.3 Å². The molecule has 0 unspecified atom stereocenters. The number of hydrogen-bond acceptors (Lipinski definition) is 5. The van der Waals surface area contributed by atoms with Gasteiger partial charge in [-0.3, -0.25) is 0 Å². The van der Waals surface area contributed by atoms with Crippen LogP contribution in [0.3, 0.4) is 0 Å². The van der Waals surface area contributed by atoms with E-state index < -0.39 is 0 Å². The normalized spacial score (nSPS) is 16.0.